The third kappa shape index (κ3) is 9.63. The number of amides is 4. The van der Waals surface area contributed by atoms with E-state index in [1.54, 1.807) is 6.20 Å². The number of carbonyl (C=O) groups excluding carboxylic acids is 5. The summed E-state index contributed by atoms with van der Waals surface area (Å²) < 4.78 is 10.9. The molecule has 13 heteroatoms. The number of rotatable bonds is 15. The molecule has 322 valence electrons. The van der Waals surface area contributed by atoms with Gasteiger partial charge in [-0.1, -0.05) is 127 Å². The lowest BCUT2D eigenvalue weighted by Crippen LogP contribution is -2.58. The SMILES string of the molecule is COC(=O)[C@H](Cc1ccccc1)NC(=O)[C@H]1C[C@@H](O)CN1C(=O)[C@H](Cc1ccccc1)NC(=O)[C@@H](Cc1c[nH]c2ccccc12)NC(=O)OCC1c2ccccc2-c2ccccc21. The van der Waals surface area contributed by atoms with Crippen LogP contribution in [0.2, 0.25) is 0 Å². The number of β-amino-alcohol motifs (C(OH)–C–C–N with tert-alkyl or cyclic N) is 1. The molecule has 0 unspecified atom stereocenters. The highest BCUT2D eigenvalue weighted by atomic mass is 16.5. The highest BCUT2D eigenvalue weighted by molar-refractivity contribution is 5.96. The van der Waals surface area contributed by atoms with Gasteiger partial charge in [0, 0.05) is 55.2 Å². The van der Waals surface area contributed by atoms with E-state index in [9.17, 15) is 29.1 Å². The van der Waals surface area contributed by atoms with Crippen LogP contribution in [0.5, 0.6) is 0 Å². The van der Waals surface area contributed by atoms with Crippen LogP contribution in [0.3, 0.4) is 0 Å². The second-order valence-corrected chi connectivity index (χ2v) is 16.0. The van der Waals surface area contributed by atoms with Gasteiger partial charge in [-0.05, 0) is 45.0 Å². The Morgan fingerprint density at radius 1 is 0.698 bits per heavy atom. The molecule has 0 bridgehead atoms. The molecule has 1 saturated heterocycles. The Kier molecular flexibility index (Phi) is 12.9. The number of aromatic amines is 1. The first-order chi connectivity index (χ1) is 30.7. The van der Waals surface area contributed by atoms with E-state index in [1.807, 2.05) is 133 Å². The third-order valence-electron chi connectivity index (χ3n) is 11.9. The van der Waals surface area contributed by atoms with Gasteiger partial charge >= 0.3 is 12.1 Å². The number of aromatic nitrogens is 1. The number of methoxy groups -OCH3 is 1. The van der Waals surface area contributed by atoms with E-state index in [1.165, 1.54) is 12.0 Å². The van der Waals surface area contributed by atoms with E-state index in [0.717, 1.165) is 49.8 Å². The fourth-order valence-corrected chi connectivity index (χ4v) is 8.79. The second kappa shape index (κ2) is 19.2. The number of H-pyrrole nitrogens is 1. The van der Waals surface area contributed by atoms with Crippen molar-refractivity contribution < 1.29 is 38.6 Å². The van der Waals surface area contributed by atoms with Crippen LogP contribution in [0, 0.1) is 0 Å². The first kappa shape index (κ1) is 42.4. The molecule has 2 heterocycles. The minimum atomic E-state index is -1.23. The fourth-order valence-electron chi connectivity index (χ4n) is 8.79. The summed E-state index contributed by atoms with van der Waals surface area (Å²) in [5, 5.41) is 20.2. The molecule has 6 aromatic rings. The normalized spacial score (nSPS) is 16.9. The molecule has 63 heavy (non-hydrogen) atoms. The number of para-hydroxylation sites is 1. The maximum atomic E-state index is 14.7. The van der Waals surface area contributed by atoms with Gasteiger partial charge in [-0.2, -0.15) is 0 Å². The van der Waals surface area contributed by atoms with E-state index < -0.39 is 60.1 Å². The van der Waals surface area contributed by atoms with Gasteiger partial charge in [0.15, 0.2) is 0 Å². The van der Waals surface area contributed by atoms with Gasteiger partial charge in [-0.25, -0.2) is 9.59 Å². The summed E-state index contributed by atoms with van der Waals surface area (Å²) in [6.07, 6.45) is 0.0713. The van der Waals surface area contributed by atoms with Gasteiger partial charge < -0.3 is 40.4 Å². The molecule has 4 amide bonds. The number of aliphatic hydroxyl groups is 1. The summed E-state index contributed by atoms with van der Waals surface area (Å²) in [4.78, 5) is 74.4. The van der Waals surface area contributed by atoms with Crippen molar-refractivity contribution in [2.75, 3.05) is 20.3 Å². The molecule has 8 rings (SSSR count). The fraction of sp³-hybridized carbons (Fsp3) is 0.260. The Morgan fingerprint density at radius 2 is 1.29 bits per heavy atom. The summed E-state index contributed by atoms with van der Waals surface area (Å²) in [7, 11) is 1.23. The standard InChI is InChI=1S/C50H49N5O8/c1-62-49(60)44(25-32-16-6-3-7-17-32)53-47(58)45-27-34(56)29-55(45)48(59)43(24-31-14-4-2-5-15-31)52-46(57)42(26-33-28-51-41-23-13-12-18-35(33)41)54-50(61)63-30-40-38-21-10-8-19-36(38)37-20-9-11-22-39(37)40/h2-23,28,34,40,42-45,51,56H,24-27,29-30H2,1H3,(H,52,57)(H,53,58)(H,54,61)/t34-,42-,43+,44+,45-/m1/s1. The molecule has 0 saturated carbocycles. The predicted molar refractivity (Wildman–Crippen MR) is 236 cm³/mol. The number of aliphatic hydroxyl groups excluding tert-OH is 1. The van der Waals surface area contributed by atoms with Crippen LogP contribution in [0.1, 0.15) is 40.2 Å². The number of nitrogens with zero attached hydrogens (tertiary/aromatic N) is 1. The van der Waals surface area contributed by atoms with E-state index in [-0.39, 0.29) is 44.8 Å². The Labute approximate surface area is 364 Å². The van der Waals surface area contributed by atoms with Crippen molar-refractivity contribution in [1.82, 2.24) is 25.8 Å². The largest absolute Gasteiger partial charge is 0.467 e. The quantitative estimate of drug-likeness (QED) is 0.0875. The summed E-state index contributed by atoms with van der Waals surface area (Å²) in [5.41, 5.74) is 7.35. The molecular weight excluding hydrogens is 799 g/mol. The lowest BCUT2D eigenvalue weighted by Gasteiger charge is -2.30. The number of hydrogen-bond donors (Lipinski definition) is 5. The van der Waals surface area contributed by atoms with Crippen molar-refractivity contribution in [2.45, 2.75) is 61.9 Å². The molecule has 1 aliphatic heterocycles. The smallest absolute Gasteiger partial charge is 0.407 e. The highest BCUT2D eigenvalue weighted by Crippen LogP contribution is 2.44. The lowest BCUT2D eigenvalue weighted by molar-refractivity contribution is -0.146. The highest BCUT2D eigenvalue weighted by Gasteiger charge is 2.43. The molecule has 0 spiro atoms. The van der Waals surface area contributed by atoms with E-state index >= 15 is 0 Å². The van der Waals surface area contributed by atoms with Gasteiger partial charge in [0.1, 0.15) is 30.8 Å². The minimum Gasteiger partial charge on any atom is -0.467 e. The Hall–Kier alpha value is -7.25. The summed E-state index contributed by atoms with van der Waals surface area (Å²) in [6.45, 7) is -0.157. The maximum Gasteiger partial charge on any atom is 0.407 e. The van der Waals surface area contributed by atoms with Crippen LogP contribution >= 0.6 is 0 Å². The molecular formula is C50H49N5O8. The number of esters is 1. The number of hydrogen-bond acceptors (Lipinski definition) is 8. The zero-order chi connectivity index (χ0) is 43.9. The van der Waals surface area contributed by atoms with Crippen LogP contribution in [0.15, 0.2) is 140 Å². The summed E-state index contributed by atoms with van der Waals surface area (Å²) in [5.74, 6) is -2.79. The van der Waals surface area contributed by atoms with Crippen LogP contribution < -0.4 is 16.0 Å². The molecule has 5 atom stereocenters. The summed E-state index contributed by atoms with van der Waals surface area (Å²) >= 11 is 0. The van der Waals surface area contributed by atoms with Crippen molar-refractivity contribution in [3.05, 3.63) is 167 Å². The van der Waals surface area contributed by atoms with Crippen molar-refractivity contribution in [3.63, 3.8) is 0 Å². The van der Waals surface area contributed by atoms with Crippen molar-refractivity contribution >= 4 is 40.7 Å². The molecule has 5 aromatic carbocycles. The molecule has 1 aromatic heterocycles. The first-order valence-corrected chi connectivity index (χ1v) is 21.1. The zero-order valence-corrected chi connectivity index (χ0v) is 34.7. The van der Waals surface area contributed by atoms with Crippen LogP contribution in [-0.2, 0) is 47.9 Å². The average Bonchev–Trinajstić information content (AvgIpc) is 4.01. The van der Waals surface area contributed by atoms with Crippen molar-refractivity contribution in [3.8, 4) is 11.1 Å². The van der Waals surface area contributed by atoms with E-state index in [4.69, 9.17) is 9.47 Å². The zero-order valence-electron chi connectivity index (χ0n) is 34.7. The van der Waals surface area contributed by atoms with E-state index in [0.29, 0.717) is 0 Å². The van der Waals surface area contributed by atoms with Crippen LogP contribution in [0.4, 0.5) is 4.79 Å². The van der Waals surface area contributed by atoms with Crippen molar-refractivity contribution in [2.24, 2.45) is 0 Å². The molecule has 13 nitrogen and oxygen atoms in total. The third-order valence-corrected chi connectivity index (χ3v) is 11.9. The van der Waals surface area contributed by atoms with Gasteiger partial charge in [0.05, 0.1) is 13.2 Å². The molecule has 1 aliphatic carbocycles. The monoisotopic (exact) mass is 847 g/mol. The molecule has 2 aliphatic rings. The van der Waals surface area contributed by atoms with Gasteiger partial charge in [0.2, 0.25) is 17.7 Å². The predicted octanol–water partition coefficient (Wildman–Crippen LogP) is 5.21. The molecule has 5 N–H and O–H groups in total. The average molecular weight is 848 g/mol. The minimum absolute atomic E-state index is 0.0271. The number of likely N-dealkylation sites (tertiary alicyclic amines) is 1. The molecule has 0 radical (unpaired) electrons. The topological polar surface area (TPSA) is 179 Å². The number of carbonyl (C=O) groups is 5. The lowest BCUT2D eigenvalue weighted by atomic mass is 9.98. The van der Waals surface area contributed by atoms with Crippen LogP contribution in [0.25, 0.3) is 22.0 Å². The van der Waals surface area contributed by atoms with Gasteiger partial charge in [0.25, 0.3) is 0 Å². The Bertz CT molecular complexity index is 2550. The number of ether oxygens (including phenoxy) is 2. The summed E-state index contributed by atoms with van der Waals surface area (Å²) in [6, 6.07) is 37.2. The van der Waals surface area contributed by atoms with Gasteiger partial charge in [-0.15, -0.1) is 0 Å². The number of fused-ring (bicyclic) bond motifs is 4. The van der Waals surface area contributed by atoms with Crippen molar-refractivity contribution in [1.29, 1.82) is 0 Å². The van der Waals surface area contributed by atoms with E-state index in [2.05, 4.69) is 20.9 Å². The number of alkyl carbamates (subject to hydrolysis) is 1. The first-order valence-electron chi connectivity index (χ1n) is 21.1. The number of benzene rings is 5. The number of nitrogens with one attached hydrogen (secondary N) is 4. The second-order valence-electron chi connectivity index (χ2n) is 16.0. The Balaban J connectivity index is 1.03. The Morgan fingerprint density at radius 3 is 1.94 bits per heavy atom. The van der Waals surface area contributed by atoms with Gasteiger partial charge in [-0.3, -0.25) is 14.4 Å². The molecule has 1 fully saturated rings. The van der Waals surface area contributed by atoms with Crippen LogP contribution in [-0.4, -0.2) is 95.3 Å². The maximum absolute atomic E-state index is 14.7.